The van der Waals surface area contributed by atoms with Crippen LogP contribution in [0.1, 0.15) is 2.85 Å². The molecule has 4 N–H and O–H groups in total. The number of hydrogen-bond donors (Lipinski definition) is 2. The highest BCUT2D eigenvalue weighted by atomic mass is 16.9. The van der Waals surface area contributed by atoms with Crippen LogP contribution in [0.3, 0.4) is 0 Å². The van der Waals surface area contributed by atoms with Crippen LogP contribution in [0.5, 0.6) is 0 Å². The first kappa shape index (κ1) is 8.90. The van der Waals surface area contributed by atoms with Crippen molar-refractivity contribution in [1.29, 1.82) is 0 Å². The summed E-state index contributed by atoms with van der Waals surface area (Å²) in [6.45, 7) is 0. The van der Waals surface area contributed by atoms with Gasteiger partial charge in [0.2, 0.25) is 0 Å². The molecule has 0 saturated heterocycles. The predicted molar refractivity (Wildman–Crippen MR) is 16.0 cm³/mol. The van der Waals surface area contributed by atoms with E-state index in [1.54, 1.807) is 0 Å². The first-order valence-corrected chi connectivity index (χ1v) is 0.565. The third-order valence-corrected chi connectivity index (χ3v) is 0. The minimum atomic E-state index is -1.50. The molecule has 0 aliphatic heterocycles. The maximum Gasteiger partial charge on any atom is 1.00 e. The fraction of sp³-hybridized carbons (Fsp3) is 0. The molecule has 0 rings (SSSR count). The van der Waals surface area contributed by atoms with Crippen molar-refractivity contribution in [3.63, 3.8) is 0 Å². The van der Waals surface area contributed by atoms with Crippen LogP contribution in [-0.2, 0) is 0 Å². The fourth-order valence-corrected chi connectivity index (χ4v) is 0. The van der Waals surface area contributed by atoms with Crippen molar-refractivity contribution < 1.29 is 13.1 Å². The van der Waals surface area contributed by atoms with Crippen LogP contribution in [-0.4, -0.2) is 10.3 Å². The summed E-state index contributed by atoms with van der Waals surface area (Å²) in [5.41, 5.74) is 0. The summed E-state index contributed by atoms with van der Waals surface area (Å²) < 4.78 is 0. The largest absolute Gasteiger partial charge is 1.00 e. The van der Waals surface area contributed by atoms with Crippen molar-refractivity contribution in [2.24, 2.45) is 0 Å². The van der Waals surface area contributed by atoms with Gasteiger partial charge in [-0.1, -0.05) is 0 Å². The van der Waals surface area contributed by atoms with Crippen molar-refractivity contribution >= 4 is 0 Å². The normalized spacial score (nSPS) is 4.80. The van der Waals surface area contributed by atoms with Crippen LogP contribution in [0.25, 0.3) is 0 Å². The van der Waals surface area contributed by atoms with Gasteiger partial charge in [-0.05, 0) is 0 Å². The van der Waals surface area contributed by atoms with E-state index < -0.39 is 5.09 Å². The zero-order valence-corrected chi connectivity index (χ0v) is 2.42. The highest BCUT2D eigenvalue weighted by molar-refractivity contribution is 3.83. The summed E-state index contributed by atoms with van der Waals surface area (Å²) in [5, 5.41) is 13.6. The van der Waals surface area contributed by atoms with Gasteiger partial charge < -0.3 is 11.4 Å². The molecule has 0 radical (unpaired) electrons. The molecule has 0 aliphatic carbocycles. The Balaban J connectivity index is -0.0000000150. The van der Waals surface area contributed by atoms with E-state index >= 15 is 0 Å². The second-order valence-corrected chi connectivity index (χ2v) is 0.238. The van der Waals surface area contributed by atoms with Crippen molar-refractivity contribution in [2.45, 2.75) is 0 Å². The Labute approximate surface area is 30.9 Å². The first-order valence-electron chi connectivity index (χ1n) is 0.565. The zero-order chi connectivity index (χ0) is 3.58. The molecule has 0 aliphatic rings. The fourth-order valence-electron chi connectivity index (χ4n) is 0. The predicted octanol–water partition coefficient (Wildman–Crippen LogP) is 0.0393. The highest BCUT2D eigenvalue weighted by Gasteiger charge is 1.65. The topological polar surface area (TPSA) is 98.4 Å². The Morgan fingerprint density at radius 1 is 2.00 bits per heavy atom. The van der Waals surface area contributed by atoms with Gasteiger partial charge in [-0.3, -0.25) is 0 Å². The van der Waals surface area contributed by atoms with E-state index in [9.17, 15) is 0 Å². The molecule has 0 unspecified atom stereocenters. The molecular formula is H6N2O3+2. The molecule has 0 aromatic carbocycles. The van der Waals surface area contributed by atoms with Gasteiger partial charge in [-0.2, -0.15) is 0 Å². The van der Waals surface area contributed by atoms with E-state index in [-0.39, 0.29) is 9.00 Å². The summed E-state index contributed by atoms with van der Waals surface area (Å²) in [6, 6.07) is 0. The summed E-state index contributed by atoms with van der Waals surface area (Å²) in [4.78, 5) is 8.36. The van der Waals surface area contributed by atoms with Gasteiger partial charge in [0.1, 0.15) is 0 Å². The average Bonchev–Trinajstić information content (AvgIpc) is 0.811. The van der Waals surface area contributed by atoms with E-state index in [0.29, 0.717) is 0 Å². The SMILES string of the molecule is N.O=[N+]([O-])O.[H+].[H+]. The molecule has 0 aromatic heterocycles. The summed E-state index contributed by atoms with van der Waals surface area (Å²) in [7, 11) is 0. The molecule has 0 bridgehead atoms. The Bertz CT molecular complexity index is 33.9. The summed E-state index contributed by atoms with van der Waals surface area (Å²) >= 11 is 0. The van der Waals surface area contributed by atoms with Gasteiger partial charge in [-0.25, -0.2) is 0 Å². The minimum Gasteiger partial charge on any atom is -0.344 e. The number of hydrogen-bond acceptors (Lipinski definition) is 3. The van der Waals surface area contributed by atoms with E-state index in [1.807, 2.05) is 0 Å². The van der Waals surface area contributed by atoms with Crippen molar-refractivity contribution in [3.05, 3.63) is 10.1 Å². The molecule has 0 spiro atoms. The van der Waals surface area contributed by atoms with Crippen LogP contribution >= 0.6 is 0 Å². The molecule has 0 fully saturated rings. The minimum absolute atomic E-state index is 0. The van der Waals surface area contributed by atoms with Crippen LogP contribution in [0.2, 0.25) is 0 Å². The number of nitrogens with zero attached hydrogens (tertiary/aromatic N) is 1. The second-order valence-electron chi connectivity index (χ2n) is 0.238. The maximum absolute atomic E-state index is 8.36. The van der Waals surface area contributed by atoms with Gasteiger partial charge in [0.15, 0.2) is 0 Å². The number of rotatable bonds is 0. The van der Waals surface area contributed by atoms with E-state index in [2.05, 4.69) is 0 Å². The molecule has 0 aromatic rings. The van der Waals surface area contributed by atoms with E-state index in [4.69, 9.17) is 15.3 Å². The van der Waals surface area contributed by atoms with Gasteiger partial charge >= 0.3 is 2.85 Å². The molecule has 0 amide bonds. The second kappa shape index (κ2) is 3.16. The first-order chi connectivity index (χ1) is 1.73. The molecular weight excluding hydrogens is 76.0 g/mol. The third-order valence-electron chi connectivity index (χ3n) is 0. The molecule has 5 heavy (non-hydrogen) atoms. The Morgan fingerprint density at radius 3 is 2.00 bits per heavy atom. The van der Waals surface area contributed by atoms with Crippen molar-refractivity contribution in [1.82, 2.24) is 6.15 Å². The Kier molecular flexibility index (Phi) is 5.63. The van der Waals surface area contributed by atoms with Crippen LogP contribution in [0.4, 0.5) is 0 Å². The molecule has 32 valence electrons. The quantitative estimate of drug-likeness (QED) is 0.318. The smallest absolute Gasteiger partial charge is 0.344 e. The van der Waals surface area contributed by atoms with Crippen LogP contribution in [0.15, 0.2) is 0 Å². The van der Waals surface area contributed by atoms with Crippen molar-refractivity contribution in [3.8, 4) is 0 Å². The third kappa shape index (κ3) is 6.03. The lowest BCUT2D eigenvalue weighted by atomic mass is 13.1. The zero-order valence-electron chi connectivity index (χ0n) is 4.42. The Hall–Kier alpha value is -0.840. The van der Waals surface area contributed by atoms with Gasteiger partial charge in [0, 0.05) is 0 Å². The highest BCUT2D eigenvalue weighted by Crippen LogP contribution is 1.38. The molecule has 0 heterocycles. The monoisotopic (exact) mass is 82.0 g/mol. The summed E-state index contributed by atoms with van der Waals surface area (Å²) in [6.07, 6.45) is 0. The summed E-state index contributed by atoms with van der Waals surface area (Å²) in [5.74, 6) is 0. The van der Waals surface area contributed by atoms with Gasteiger partial charge in [-0.15, -0.1) is 10.1 Å². The van der Waals surface area contributed by atoms with Gasteiger partial charge in [0.25, 0.3) is 5.09 Å². The van der Waals surface area contributed by atoms with E-state index in [0.717, 1.165) is 0 Å². The molecule has 0 saturated carbocycles. The lowest BCUT2D eigenvalue weighted by Gasteiger charge is -1.56. The van der Waals surface area contributed by atoms with E-state index in [1.165, 1.54) is 0 Å². The molecule has 5 nitrogen and oxygen atoms in total. The van der Waals surface area contributed by atoms with Crippen LogP contribution < -0.4 is 6.15 Å². The Morgan fingerprint density at radius 2 is 2.00 bits per heavy atom. The average molecular weight is 82.1 g/mol. The van der Waals surface area contributed by atoms with Crippen molar-refractivity contribution in [2.75, 3.05) is 0 Å². The molecule has 0 atom stereocenters. The maximum atomic E-state index is 8.36. The van der Waals surface area contributed by atoms with Gasteiger partial charge in [0.05, 0.1) is 0 Å². The lowest BCUT2D eigenvalue weighted by molar-refractivity contribution is -0.742. The van der Waals surface area contributed by atoms with Crippen LogP contribution in [0, 0.1) is 10.1 Å². The molecule has 5 heteroatoms. The lowest BCUT2D eigenvalue weighted by Crippen LogP contribution is -1.81. The standard InChI is InChI=1S/HNO3.H3N/c2-1(3)4;/h(H,2,3,4);1H3/p+2.